The van der Waals surface area contributed by atoms with E-state index in [1.54, 1.807) is 0 Å². The van der Waals surface area contributed by atoms with Gasteiger partial charge in [0.15, 0.2) is 0 Å². The maximum absolute atomic E-state index is 9.95. The van der Waals surface area contributed by atoms with Crippen molar-refractivity contribution >= 4 is 0 Å². The third kappa shape index (κ3) is 4.96. The Bertz CT molecular complexity index is 374. The zero-order valence-corrected chi connectivity index (χ0v) is 12.5. The Labute approximate surface area is 117 Å². The van der Waals surface area contributed by atoms with Crippen molar-refractivity contribution in [3.05, 3.63) is 34.9 Å². The summed E-state index contributed by atoms with van der Waals surface area (Å²) in [5.41, 5.74) is 4.02. The Hall–Kier alpha value is -0.860. The smallest absolute Gasteiger partial charge is 0.0802 e. The van der Waals surface area contributed by atoms with Gasteiger partial charge in [-0.2, -0.15) is 0 Å². The van der Waals surface area contributed by atoms with E-state index in [0.29, 0.717) is 12.8 Å². The van der Waals surface area contributed by atoms with Crippen LogP contribution in [0.2, 0.25) is 0 Å². The molecular formula is C17H28O2. The summed E-state index contributed by atoms with van der Waals surface area (Å²) in [5.74, 6) is 0. The fourth-order valence-electron chi connectivity index (χ4n) is 2.46. The molecule has 1 rings (SSSR count). The standard InChI is InChI=1S/C17H28O2/c1-4-7-16(18)17(19)11-10-15-12-13(5-2)8-9-14(15)6-3/h8-9,12,16-19H,4-7,10-11H2,1-3H3. The Morgan fingerprint density at radius 3 is 2.16 bits per heavy atom. The van der Waals surface area contributed by atoms with Crippen LogP contribution in [0, 0.1) is 0 Å². The van der Waals surface area contributed by atoms with Gasteiger partial charge in [-0.3, -0.25) is 0 Å². The average molecular weight is 264 g/mol. The van der Waals surface area contributed by atoms with E-state index in [1.165, 1.54) is 16.7 Å². The summed E-state index contributed by atoms with van der Waals surface area (Å²) in [4.78, 5) is 0. The first-order chi connectivity index (χ1) is 9.12. The van der Waals surface area contributed by atoms with Crippen LogP contribution in [0.1, 0.15) is 56.7 Å². The Kier molecular flexibility index (Phi) is 7.11. The highest BCUT2D eigenvalue weighted by Gasteiger charge is 2.15. The number of aliphatic hydroxyl groups excluding tert-OH is 2. The van der Waals surface area contributed by atoms with Gasteiger partial charge in [-0.1, -0.05) is 45.4 Å². The molecule has 2 heteroatoms. The molecule has 0 heterocycles. The van der Waals surface area contributed by atoms with Gasteiger partial charge in [-0.25, -0.2) is 0 Å². The summed E-state index contributed by atoms with van der Waals surface area (Å²) in [5, 5.41) is 19.7. The van der Waals surface area contributed by atoms with Crippen molar-refractivity contribution in [2.45, 2.75) is 71.5 Å². The van der Waals surface area contributed by atoms with Crippen molar-refractivity contribution < 1.29 is 10.2 Å². The third-order valence-electron chi connectivity index (χ3n) is 3.80. The van der Waals surface area contributed by atoms with Gasteiger partial charge < -0.3 is 10.2 Å². The van der Waals surface area contributed by atoms with Crippen molar-refractivity contribution in [1.29, 1.82) is 0 Å². The zero-order chi connectivity index (χ0) is 14.3. The second-order valence-electron chi connectivity index (χ2n) is 5.27. The minimum Gasteiger partial charge on any atom is -0.390 e. The van der Waals surface area contributed by atoms with Crippen molar-refractivity contribution in [1.82, 2.24) is 0 Å². The lowest BCUT2D eigenvalue weighted by atomic mass is 9.94. The van der Waals surface area contributed by atoms with Crippen LogP contribution in [0.15, 0.2) is 18.2 Å². The molecule has 0 spiro atoms. The second-order valence-corrected chi connectivity index (χ2v) is 5.27. The molecule has 0 fully saturated rings. The van der Waals surface area contributed by atoms with Gasteiger partial charge in [-0.15, -0.1) is 0 Å². The monoisotopic (exact) mass is 264 g/mol. The van der Waals surface area contributed by atoms with Crippen LogP contribution in [0.25, 0.3) is 0 Å². The lowest BCUT2D eigenvalue weighted by molar-refractivity contribution is 0.00978. The highest BCUT2D eigenvalue weighted by Crippen LogP contribution is 2.17. The van der Waals surface area contributed by atoms with Crippen LogP contribution < -0.4 is 0 Å². The predicted molar refractivity (Wildman–Crippen MR) is 80.4 cm³/mol. The Balaban J connectivity index is 2.65. The van der Waals surface area contributed by atoms with Gasteiger partial charge in [0.05, 0.1) is 12.2 Å². The number of benzene rings is 1. The molecule has 2 nitrogen and oxygen atoms in total. The maximum Gasteiger partial charge on any atom is 0.0802 e. The van der Waals surface area contributed by atoms with Crippen molar-refractivity contribution in [2.75, 3.05) is 0 Å². The molecule has 0 aliphatic heterocycles. The summed E-state index contributed by atoms with van der Waals surface area (Å²) >= 11 is 0. The predicted octanol–water partition coefficient (Wildman–Crippen LogP) is 3.27. The summed E-state index contributed by atoms with van der Waals surface area (Å²) in [6.45, 7) is 6.34. The zero-order valence-electron chi connectivity index (χ0n) is 12.5. The van der Waals surface area contributed by atoms with Gasteiger partial charge in [0.1, 0.15) is 0 Å². The van der Waals surface area contributed by atoms with Crippen LogP contribution in [0.4, 0.5) is 0 Å². The Morgan fingerprint density at radius 2 is 1.58 bits per heavy atom. The number of hydrogen-bond donors (Lipinski definition) is 2. The molecular weight excluding hydrogens is 236 g/mol. The Morgan fingerprint density at radius 1 is 0.895 bits per heavy atom. The van der Waals surface area contributed by atoms with E-state index in [1.807, 2.05) is 6.92 Å². The molecule has 2 unspecified atom stereocenters. The topological polar surface area (TPSA) is 40.5 Å². The first-order valence-corrected chi connectivity index (χ1v) is 7.59. The fraction of sp³-hybridized carbons (Fsp3) is 0.647. The van der Waals surface area contributed by atoms with Gasteiger partial charge in [0, 0.05) is 0 Å². The van der Waals surface area contributed by atoms with Crippen LogP contribution in [-0.4, -0.2) is 22.4 Å². The van der Waals surface area contributed by atoms with E-state index in [-0.39, 0.29) is 0 Å². The third-order valence-corrected chi connectivity index (χ3v) is 3.80. The second kappa shape index (κ2) is 8.34. The van der Waals surface area contributed by atoms with Gasteiger partial charge in [0.2, 0.25) is 0 Å². The molecule has 0 aliphatic carbocycles. The summed E-state index contributed by atoms with van der Waals surface area (Å²) < 4.78 is 0. The van der Waals surface area contributed by atoms with Gasteiger partial charge >= 0.3 is 0 Å². The molecule has 1 aromatic rings. The quantitative estimate of drug-likeness (QED) is 0.756. The van der Waals surface area contributed by atoms with Gasteiger partial charge in [-0.05, 0) is 48.8 Å². The van der Waals surface area contributed by atoms with Gasteiger partial charge in [0.25, 0.3) is 0 Å². The van der Waals surface area contributed by atoms with E-state index < -0.39 is 12.2 Å². The summed E-state index contributed by atoms with van der Waals surface area (Å²) in [6.07, 6.45) is 3.95. The van der Waals surface area contributed by atoms with Crippen LogP contribution in [0.5, 0.6) is 0 Å². The van der Waals surface area contributed by atoms with Crippen molar-refractivity contribution in [3.63, 3.8) is 0 Å². The van der Waals surface area contributed by atoms with E-state index >= 15 is 0 Å². The maximum atomic E-state index is 9.95. The highest BCUT2D eigenvalue weighted by atomic mass is 16.3. The molecule has 19 heavy (non-hydrogen) atoms. The van der Waals surface area contributed by atoms with Crippen LogP contribution in [-0.2, 0) is 19.3 Å². The number of rotatable bonds is 8. The lowest BCUT2D eigenvalue weighted by Gasteiger charge is -2.18. The molecule has 0 aromatic heterocycles. The molecule has 0 saturated carbocycles. The van der Waals surface area contributed by atoms with Crippen LogP contribution >= 0.6 is 0 Å². The molecule has 108 valence electrons. The molecule has 0 bridgehead atoms. The number of aryl methyl sites for hydroxylation is 3. The molecule has 1 aromatic carbocycles. The van der Waals surface area contributed by atoms with Crippen LogP contribution in [0.3, 0.4) is 0 Å². The summed E-state index contributed by atoms with van der Waals surface area (Å²) in [7, 11) is 0. The normalized spacial score (nSPS) is 14.4. The fourth-order valence-corrected chi connectivity index (χ4v) is 2.46. The number of aliphatic hydroxyl groups is 2. The molecule has 2 N–H and O–H groups in total. The molecule has 0 saturated heterocycles. The van der Waals surface area contributed by atoms with Crippen molar-refractivity contribution in [2.24, 2.45) is 0 Å². The van der Waals surface area contributed by atoms with E-state index in [9.17, 15) is 10.2 Å². The SMILES string of the molecule is CCCC(O)C(O)CCc1cc(CC)ccc1CC. The lowest BCUT2D eigenvalue weighted by Crippen LogP contribution is -2.26. The average Bonchev–Trinajstić information content (AvgIpc) is 2.44. The summed E-state index contributed by atoms with van der Waals surface area (Å²) in [6, 6.07) is 6.63. The molecule has 0 amide bonds. The molecule has 2 atom stereocenters. The molecule has 0 radical (unpaired) electrons. The largest absolute Gasteiger partial charge is 0.390 e. The van der Waals surface area contributed by atoms with E-state index in [4.69, 9.17) is 0 Å². The minimum absolute atomic E-state index is 0.579. The van der Waals surface area contributed by atoms with E-state index in [2.05, 4.69) is 32.0 Å². The van der Waals surface area contributed by atoms with E-state index in [0.717, 1.165) is 25.7 Å². The highest BCUT2D eigenvalue weighted by molar-refractivity contribution is 5.32. The minimum atomic E-state index is -0.602. The number of hydrogen-bond acceptors (Lipinski definition) is 2. The first-order valence-electron chi connectivity index (χ1n) is 7.59. The first kappa shape index (κ1) is 16.2. The molecule has 0 aliphatic rings. The van der Waals surface area contributed by atoms with Crippen molar-refractivity contribution in [3.8, 4) is 0 Å².